The van der Waals surface area contributed by atoms with Gasteiger partial charge in [0.05, 0.1) is 7.11 Å². The van der Waals surface area contributed by atoms with Crippen molar-refractivity contribution in [1.82, 2.24) is 0 Å². The normalized spacial score (nSPS) is 11.5. The molecule has 0 aromatic heterocycles. The molecule has 1 aromatic rings. The molecule has 0 N–H and O–H groups in total. The van der Waals surface area contributed by atoms with Gasteiger partial charge in [0.15, 0.2) is 10.6 Å². The molecule has 1 rings (SSSR count). The number of methoxy groups -OCH3 is 1. The number of hydrogen-bond acceptors (Lipinski definition) is 3. The van der Waals surface area contributed by atoms with Gasteiger partial charge in [-0.05, 0) is 32.9 Å². The first kappa shape index (κ1) is 14.9. The highest BCUT2D eigenvalue weighted by Gasteiger charge is 2.27. The van der Waals surface area contributed by atoms with E-state index in [0.717, 1.165) is 4.90 Å². The smallest absolute Gasteiger partial charge is 0.341 e. The summed E-state index contributed by atoms with van der Waals surface area (Å²) >= 11 is 0. The van der Waals surface area contributed by atoms with Crippen molar-refractivity contribution in [2.24, 2.45) is 0 Å². The average Bonchev–Trinajstić information content (AvgIpc) is 2.25. The topological polar surface area (TPSA) is 35.5 Å². The number of esters is 1. The first-order chi connectivity index (χ1) is 8.26. The number of carbonyl (C=O) groups excluding carboxylic acids is 1. The van der Waals surface area contributed by atoms with Gasteiger partial charge in [-0.15, -0.1) is 0 Å². The summed E-state index contributed by atoms with van der Waals surface area (Å²) in [5, 5.41) is 0. The van der Waals surface area contributed by atoms with Crippen LogP contribution in [0.15, 0.2) is 23.1 Å². The minimum Gasteiger partial charge on any atom is -0.482 e. The summed E-state index contributed by atoms with van der Waals surface area (Å²) in [5.74, 6) is 0.284. The molecule has 0 spiro atoms. The zero-order valence-corrected chi connectivity index (χ0v) is 12.7. The van der Waals surface area contributed by atoms with Crippen LogP contribution in [0.1, 0.15) is 31.1 Å². The minimum atomic E-state index is -0.360. The molecule has 4 heteroatoms. The average molecular weight is 269 g/mol. The van der Waals surface area contributed by atoms with Crippen molar-refractivity contribution < 1.29 is 14.3 Å². The van der Waals surface area contributed by atoms with E-state index < -0.39 is 0 Å². The van der Waals surface area contributed by atoms with Crippen LogP contribution in [-0.2, 0) is 15.6 Å². The van der Waals surface area contributed by atoms with Crippen LogP contribution >= 0.6 is 0 Å². The molecule has 0 aliphatic carbocycles. The van der Waals surface area contributed by atoms with Crippen LogP contribution in [-0.4, -0.2) is 31.2 Å². The summed E-state index contributed by atoms with van der Waals surface area (Å²) in [6, 6.07) is 5.60. The predicted octanol–water partition coefficient (Wildman–Crippen LogP) is 2.89. The van der Waals surface area contributed by atoms with Crippen molar-refractivity contribution in [3.63, 3.8) is 0 Å². The minimum absolute atomic E-state index is 0.0132. The molecular formula is C14H21O3S+. The molecule has 0 heterocycles. The molecular weight excluding hydrogens is 248 g/mol. The Hall–Kier alpha value is -1.16. The molecule has 0 bridgehead atoms. The van der Waals surface area contributed by atoms with E-state index in [-0.39, 0.29) is 22.5 Å². The summed E-state index contributed by atoms with van der Waals surface area (Å²) in [7, 11) is 1.40. The summed E-state index contributed by atoms with van der Waals surface area (Å²) in [6.45, 7) is 5.90. The lowest BCUT2D eigenvalue weighted by Gasteiger charge is -2.23. The zero-order valence-electron chi connectivity index (χ0n) is 11.9. The number of carbonyl (C=O) groups is 1. The van der Waals surface area contributed by atoms with E-state index in [0.29, 0.717) is 11.3 Å². The fraction of sp³-hybridized carbons (Fsp3) is 0.500. The van der Waals surface area contributed by atoms with Crippen molar-refractivity contribution in [2.75, 3.05) is 19.6 Å². The summed E-state index contributed by atoms with van der Waals surface area (Å²) in [4.78, 5) is 12.8. The van der Waals surface area contributed by atoms with Crippen LogP contribution in [0.4, 0.5) is 0 Å². The number of rotatable bonds is 3. The highest BCUT2D eigenvalue weighted by molar-refractivity contribution is 7.95. The van der Waals surface area contributed by atoms with Gasteiger partial charge in [-0.2, -0.15) is 0 Å². The SMILES string of the molecule is COC(=O)c1cccc([S+](C)C)c1OC(C)(C)C. The molecule has 0 fully saturated rings. The molecule has 100 valence electrons. The van der Waals surface area contributed by atoms with Crippen molar-refractivity contribution in [3.05, 3.63) is 23.8 Å². The molecule has 0 aliphatic rings. The van der Waals surface area contributed by atoms with Crippen molar-refractivity contribution in [3.8, 4) is 5.75 Å². The Morgan fingerprint density at radius 2 is 1.83 bits per heavy atom. The third kappa shape index (κ3) is 3.67. The second-order valence-electron chi connectivity index (χ2n) is 5.16. The van der Waals surface area contributed by atoms with Gasteiger partial charge in [-0.3, -0.25) is 0 Å². The molecule has 3 nitrogen and oxygen atoms in total. The number of hydrogen-bond donors (Lipinski definition) is 0. The van der Waals surface area contributed by atoms with Crippen LogP contribution in [0, 0.1) is 0 Å². The Bertz CT molecular complexity index is 433. The molecule has 0 aliphatic heterocycles. The van der Waals surface area contributed by atoms with Crippen LogP contribution in [0.25, 0.3) is 0 Å². The van der Waals surface area contributed by atoms with Crippen molar-refractivity contribution in [1.29, 1.82) is 0 Å². The van der Waals surface area contributed by atoms with Gasteiger partial charge >= 0.3 is 5.97 Å². The van der Waals surface area contributed by atoms with Crippen LogP contribution in [0.3, 0.4) is 0 Å². The van der Waals surface area contributed by atoms with Crippen LogP contribution in [0.5, 0.6) is 5.75 Å². The maximum atomic E-state index is 11.8. The molecule has 0 saturated carbocycles. The summed E-state index contributed by atoms with van der Waals surface area (Å²) in [5.41, 5.74) is 0.143. The Labute approximate surface area is 112 Å². The van der Waals surface area contributed by atoms with Gasteiger partial charge in [0.25, 0.3) is 0 Å². The Morgan fingerprint density at radius 1 is 1.22 bits per heavy atom. The molecule has 1 aromatic carbocycles. The van der Waals surface area contributed by atoms with Crippen LogP contribution < -0.4 is 4.74 Å². The second-order valence-corrected chi connectivity index (χ2v) is 7.23. The molecule has 18 heavy (non-hydrogen) atoms. The Balaban J connectivity index is 3.34. The van der Waals surface area contributed by atoms with E-state index in [2.05, 4.69) is 12.5 Å². The van der Waals surface area contributed by atoms with Gasteiger partial charge in [-0.25, -0.2) is 4.79 Å². The summed E-state index contributed by atoms with van der Waals surface area (Å²) in [6.07, 6.45) is 4.21. The van der Waals surface area contributed by atoms with E-state index in [1.54, 1.807) is 6.07 Å². The number of para-hydroxylation sites is 1. The molecule has 0 atom stereocenters. The first-order valence-corrected chi connectivity index (χ1v) is 7.78. The molecule has 0 saturated heterocycles. The first-order valence-electron chi connectivity index (χ1n) is 5.74. The standard InChI is InChI=1S/C14H21O3S/c1-14(2,3)17-12-10(13(15)16-4)8-7-9-11(12)18(5)6/h7-9H,1-6H3/q+1. The molecule has 0 unspecified atom stereocenters. The lowest BCUT2D eigenvalue weighted by Crippen LogP contribution is -2.25. The van der Waals surface area contributed by atoms with E-state index >= 15 is 0 Å². The highest BCUT2D eigenvalue weighted by Crippen LogP contribution is 2.31. The van der Waals surface area contributed by atoms with Gasteiger partial charge in [-0.1, -0.05) is 6.07 Å². The Kier molecular flexibility index (Phi) is 4.68. The van der Waals surface area contributed by atoms with Crippen molar-refractivity contribution in [2.45, 2.75) is 31.3 Å². The van der Waals surface area contributed by atoms with Crippen LogP contribution in [0.2, 0.25) is 0 Å². The third-order valence-electron chi connectivity index (χ3n) is 2.23. The second kappa shape index (κ2) is 5.65. The van der Waals surface area contributed by atoms with E-state index in [4.69, 9.17) is 9.47 Å². The van der Waals surface area contributed by atoms with Gasteiger partial charge in [0, 0.05) is 10.9 Å². The number of ether oxygens (including phenoxy) is 2. The molecule has 0 amide bonds. The Morgan fingerprint density at radius 3 is 2.28 bits per heavy atom. The highest BCUT2D eigenvalue weighted by atomic mass is 32.2. The molecule has 0 radical (unpaired) electrons. The predicted molar refractivity (Wildman–Crippen MR) is 75.6 cm³/mol. The van der Waals surface area contributed by atoms with E-state index in [9.17, 15) is 4.79 Å². The maximum absolute atomic E-state index is 11.8. The summed E-state index contributed by atoms with van der Waals surface area (Å²) < 4.78 is 10.8. The fourth-order valence-corrected chi connectivity index (χ4v) is 2.39. The lowest BCUT2D eigenvalue weighted by atomic mass is 10.1. The quantitative estimate of drug-likeness (QED) is 0.625. The van der Waals surface area contributed by atoms with Gasteiger partial charge < -0.3 is 9.47 Å². The van der Waals surface area contributed by atoms with E-state index in [1.807, 2.05) is 32.9 Å². The van der Waals surface area contributed by atoms with Crippen molar-refractivity contribution >= 4 is 16.9 Å². The van der Waals surface area contributed by atoms with E-state index in [1.165, 1.54) is 7.11 Å². The van der Waals surface area contributed by atoms with Gasteiger partial charge in [0.1, 0.15) is 23.7 Å². The maximum Gasteiger partial charge on any atom is 0.341 e. The fourth-order valence-electron chi connectivity index (χ4n) is 1.52. The van der Waals surface area contributed by atoms with Gasteiger partial charge in [0.2, 0.25) is 0 Å². The number of benzene rings is 1. The third-order valence-corrected chi connectivity index (χ3v) is 3.43. The monoisotopic (exact) mass is 269 g/mol. The lowest BCUT2D eigenvalue weighted by molar-refractivity contribution is 0.0584. The zero-order chi connectivity index (χ0) is 13.9. The largest absolute Gasteiger partial charge is 0.482 e.